The molecule has 134 valence electrons. The van der Waals surface area contributed by atoms with Crippen molar-refractivity contribution in [3.63, 3.8) is 0 Å². The van der Waals surface area contributed by atoms with Gasteiger partial charge in [-0.05, 0) is 53.2 Å². The van der Waals surface area contributed by atoms with E-state index < -0.39 is 0 Å². The summed E-state index contributed by atoms with van der Waals surface area (Å²) in [6.07, 6.45) is 3.39. The Morgan fingerprint density at radius 2 is 2.08 bits per heavy atom. The van der Waals surface area contributed by atoms with Gasteiger partial charge < -0.3 is 15.7 Å². The third-order valence-corrected chi connectivity index (χ3v) is 4.18. The van der Waals surface area contributed by atoms with Crippen molar-refractivity contribution in [3.8, 4) is 11.3 Å². The van der Waals surface area contributed by atoms with Crippen LogP contribution in [0.1, 0.15) is 6.92 Å². The van der Waals surface area contributed by atoms with E-state index in [0.717, 1.165) is 5.56 Å². The van der Waals surface area contributed by atoms with E-state index in [1.807, 2.05) is 19.1 Å². The van der Waals surface area contributed by atoms with E-state index in [1.54, 1.807) is 24.5 Å². The first kappa shape index (κ1) is 18.2. The molecule has 0 fully saturated rings. The molecule has 0 amide bonds. The van der Waals surface area contributed by atoms with Crippen molar-refractivity contribution in [2.24, 2.45) is 0 Å². The van der Waals surface area contributed by atoms with Crippen molar-refractivity contribution in [1.29, 1.82) is 0 Å². The first-order valence-electron chi connectivity index (χ1n) is 7.94. The normalized spacial score (nSPS) is 11.8. The Morgan fingerprint density at radius 1 is 1.23 bits per heavy atom. The summed E-state index contributed by atoms with van der Waals surface area (Å²) < 4.78 is 13.9. The lowest BCUT2D eigenvalue weighted by Crippen LogP contribution is -2.21. The molecule has 0 saturated carbocycles. The molecule has 6 nitrogen and oxygen atoms in total. The number of nitrogens with zero attached hydrogens (tertiary/aromatic N) is 3. The number of halogens is 2. The summed E-state index contributed by atoms with van der Waals surface area (Å²) in [6.45, 7) is 1.77. The fraction of sp³-hybridized carbons (Fsp3) is 0.167. The molecular formula is C18H17BrFN5O. The standard InChI is InChI=1S/C18H17BrFN5O/c1-11(10-26)22-18-24-16(12-3-2-6-21-9-12)8-17(25-18)23-15-5-4-13(20)7-14(15)19/h2-9,11,26H,10H2,1H3,(H2,22,23,24,25)/t11-/m0/s1. The molecule has 0 aliphatic heterocycles. The molecule has 1 atom stereocenters. The van der Waals surface area contributed by atoms with E-state index >= 15 is 0 Å². The number of benzene rings is 1. The number of anilines is 3. The van der Waals surface area contributed by atoms with Crippen LogP contribution in [0.4, 0.5) is 21.8 Å². The minimum Gasteiger partial charge on any atom is -0.394 e. The fourth-order valence-corrected chi connectivity index (χ4v) is 2.68. The Balaban J connectivity index is 1.98. The lowest BCUT2D eigenvalue weighted by atomic mass is 10.2. The second-order valence-electron chi connectivity index (χ2n) is 5.68. The molecular weight excluding hydrogens is 401 g/mol. The Hall–Kier alpha value is -2.58. The third-order valence-electron chi connectivity index (χ3n) is 3.53. The molecule has 3 rings (SSSR count). The number of aliphatic hydroxyl groups is 1. The Bertz CT molecular complexity index is 894. The highest BCUT2D eigenvalue weighted by Gasteiger charge is 2.11. The Labute approximate surface area is 158 Å². The van der Waals surface area contributed by atoms with Gasteiger partial charge in [-0.2, -0.15) is 4.98 Å². The van der Waals surface area contributed by atoms with Crippen LogP contribution >= 0.6 is 15.9 Å². The first-order valence-corrected chi connectivity index (χ1v) is 8.73. The average Bonchev–Trinajstić information content (AvgIpc) is 2.64. The molecule has 3 aromatic rings. The number of pyridine rings is 1. The topological polar surface area (TPSA) is 83.0 Å². The summed E-state index contributed by atoms with van der Waals surface area (Å²) in [5.74, 6) is 0.563. The van der Waals surface area contributed by atoms with E-state index in [2.05, 4.69) is 41.5 Å². The summed E-state index contributed by atoms with van der Waals surface area (Å²) in [5, 5.41) is 15.5. The summed E-state index contributed by atoms with van der Waals surface area (Å²) in [5.41, 5.74) is 2.17. The zero-order valence-electron chi connectivity index (χ0n) is 13.9. The van der Waals surface area contributed by atoms with Crippen LogP contribution in [0.2, 0.25) is 0 Å². The van der Waals surface area contributed by atoms with Crippen LogP contribution in [-0.4, -0.2) is 32.7 Å². The number of aliphatic hydroxyl groups excluding tert-OH is 1. The quantitative estimate of drug-likeness (QED) is 0.562. The van der Waals surface area contributed by atoms with E-state index in [0.29, 0.717) is 27.6 Å². The molecule has 0 saturated heterocycles. The maximum absolute atomic E-state index is 13.3. The van der Waals surface area contributed by atoms with E-state index in [-0.39, 0.29) is 18.5 Å². The highest BCUT2D eigenvalue weighted by Crippen LogP contribution is 2.28. The SMILES string of the molecule is C[C@@H](CO)Nc1nc(Nc2ccc(F)cc2Br)cc(-c2cccnc2)n1. The van der Waals surface area contributed by atoms with Gasteiger partial charge in [0.15, 0.2) is 0 Å². The zero-order chi connectivity index (χ0) is 18.5. The van der Waals surface area contributed by atoms with E-state index in [9.17, 15) is 9.50 Å². The molecule has 1 aromatic carbocycles. The van der Waals surface area contributed by atoms with Crippen molar-refractivity contribution in [2.75, 3.05) is 17.2 Å². The number of hydrogen-bond donors (Lipinski definition) is 3. The smallest absolute Gasteiger partial charge is 0.225 e. The Kier molecular flexibility index (Phi) is 5.75. The molecule has 2 heterocycles. The minimum atomic E-state index is -0.333. The number of rotatable bonds is 6. The highest BCUT2D eigenvalue weighted by atomic mass is 79.9. The van der Waals surface area contributed by atoms with Crippen molar-refractivity contribution in [3.05, 3.63) is 59.1 Å². The van der Waals surface area contributed by atoms with E-state index in [1.165, 1.54) is 12.1 Å². The highest BCUT2D eigenvalue weighted by molar-refractivity contribution is 9.10. The maximum Gasteiger partial charge on any atom is 0.225 e. The summed E-state index contributed by atoms with van der Waals surface area (Å²) in [7, 11) is 0. The molecule has 0 radical (unpaired) electrons. The van der Waals surface area contributed by atoms with Crippen molar-refractivity contribution >= 4 is 33.4 Å². The average molecular weight is 418 g/mol. The predicted octanol–water partition coefficient (Wildman–Crippen LogP) is 3.98. The van der Waals surface area contributed by atoms with Gasteiger partial charge >= 0.3 is 0 Å². The van der Waals surface area contributed by atoms with Crippen molar-refractivity contribution < 1.29 is 9.50 Å². The molecule has 8 heteroatoms. The lowest BCUT2D eigenvalue weighted by molar-refractivity contribution is 0.281. The first-order chi connectivity index (χ1) is 12.5. The van der Waals surface area contributed by atoms with Gasteiger partial charge in [0.05, 0.1) is 18.0 Å². The molecule has 0 bridgehead atoms. The molecule has 26 heavy (non-hydrogen) atoms. The monoisotopic (exact) mass is 417 g/mol. The van der Waals surface area contributed by atoms with Gasteiger partial charge in [0, 0.05) is 34.5 Å². The number of nitrogens with one attached hydrogen (secondary N) is 2. The molecule has 3 N–H and O–H groups in total. The summed E-state index contributed by atoms with van der Waals surface area (Å²) in [4.78, 5) is 13.0. The van der Waals surface area contributed by atoms with Gasteiger partial charge in [-0.25, -0.2) is 9.37 Å². The van der Waals surface area contributed by atoms with Crippen LogP contribution in [0.5, 0.6) is 0 Å². The number of aromatic nitrogens is 3. The van der Waals surface area contributed by atoms with Gasteiger partial charge in [0.2, 0.25) is 5.95 Å². The predicted molar refractivity (Wildman–Crippen MR) is 103 cm³/mol. The second kappa shape index (κ2) is 8.20. The fourth-order valence-electron chi connectivity index (χ4n) is 2.23. The molecule has 2 aromatic heterocycles. The van der Waals surface area contributed by atoms with Crippen molar-refractivity contribution in [1.82, 2.24) is 15.0 Å². The van der Waals surface area contributed by atoms with Crippen LogP contribution < -0.4 is 10.6 Å². The summed E-state index contributed by atoms with van der Waals surface area (Å²) >= 11 is 3.33. The van der Waals surface area contributed by atoms with Gasteiger partial charge in [0.1, 0.15) is 11.6 Å². The van der Waals surface area contributed by atoms with Crippen LogP contribution in [0.15, 0.2) is 53.3 Å². The lowest BCUT2D eigenvalue weighted by Gasteiger charge is -2.14. The van der Waals surface area contributed by atoms with Crippen LogP contribution in [0.25, 0.3) is 11.3 Å². The van der Waals surface area contributed by atoms with Crippen molar-refractivity contribution in [2.45, 2.75) is 13.0 Å². The van der Waals surface area contributed by atoms with Crippen LogP contribution in [0.3, 0.4) is 0 Å². The largest absolute Gasteiger partial charge is 0.394 e. The maximum atomic E-state index is 13.3. The minimum absolute atomic E-state index is 0.0489. The van der Waals surface area contributed by atoms with Crippen LogP contribution in [0, 0.1) is 5.82 Å². The van der Waals surface area contributed by atoms with Gasteiger partial charge in [-0.1, -0.05) is 0 Å². The zero-order valence-corrected chi connectivity index (χ0v) is 15.5. The Morgan fingerprint density at radius 3 is 2.77 bits per heavy atom. The summed E-state index contributed by atoms with van der Waals surface area (Å²) in [6, 6.07) is 9.65. The van der Waals surface area contributed by atoms with E-state index in [4.69, 9.17) is 0 Å². The molecule has 0 spiro atoms. The van der Waals surface area contributed by atoms with Gasteiger partial charge in [-0.15, -0.1) is 0 Å². The molecule has 0 aliphatic rings. The molecule has 0 unspecified atom stereocenters. The second-order valence-corrected chi connectivity index (χ2v) is 6.54. The molecule has 0 aliphatic carbocycles. The third kappa shape index (κ3) is 4.53. The number of hydrogen-bond acceptors (Lipinski definition) is 6. The van der Waals surface area contributed by atoms with Crippen LogP contribution in [-0.2, 0) is 0 Å². The van der Waals surface area contributed by atoms with Gasteiger partial charge in [-0.3, -0.25) is 4.98 Å². The van der Waals surface area contributed by atoms with Gasteiger partial charge in [0.25, 0.3) is 0 Å².